The van der Waals surface area contributed by atoms with E-state index >= 15 is 0 Å². The molecule has 1 aromatic heterocycles. The second-order valence-corrected chi connectivity index (χ2v) is 8.15. The molecule has 0 spiro atoms. The Hall–Kier alpha value is -3.06. The van der Waals surface area contributed by atoms with Crippen LogP contribution in [0.1, 0.15) is 34.8 Å². The molecule has 0 saturated carbocycles. The van der Waals surface area contributed by atoms with Gasteiger partial charge in [-0.05, 0) is 43.7 Å². The van der Waals surface area contributed by atoms with E-state index in [9.17, 15) is 4.79 Å². The first-order valence-electron chi connectivity index (χ1n) is 9.88. The third-order valence-corrected chi connectivity index (χ3v) is 5.64. The van der Waals surface area contributed by atoms with Gasteiger partial charge >= 0.3 is 0 Å². The maximum absolute atomic E-state index is 12.5. The van der Waals surface area contributed by atoms with Crippen LogP contribution in [0.3, 0.4) is 0 Å². The van der Waals surface area contributed by atoms with Crippen LogP contribution < -0.4 is 19.5 Å². The Morgan fingerprint density at radius 1 is 1.17 bits per heavy atom. The van der Waals surface area contributed by atoms with E-state index in [1.165, 1.54) is 16.9 Å². The monoisotopic (exact) mass is 424 g/mol. The van der Waals surface area contributed by atoms with E-state index in [2.05, 4.69) is 10.3 Å². The zero-order chi connectivity index (χ0) is 20.9. The maximum Gasteiger partial charge on any atom is 0.226 e. The van der Waals surface area contributed by atoms with Gasteiger partial charge in [-0.25, -0.2) is 4.98 Å². The van der Waals surface area contributed by atoms with Gasteiger partial charge in [-0.1, -0.05) is 23.8 Å². The van der Waals surface area contributed by atoms with Gasteiger partial charge in [0, 0.05) is 5.38 Å². The van der Waals surface area contributed by atoms with Crippen LogP contribution in [0.4, 0.5) is 0 Å². The second kappa shape index (κ2) is 9.17. The van der Waals surface area contributed by atoms with Gasteiger partial charge in [0.15, 0.2) is 11.5 Å². The number of benzene rings is 2. The van der Waals surface area contributed by atoms with Gasteiger partial charge in [0.2, 0.25) is 5.91 Å². The van der Waals surface area contributed by atoms with Crippen LogP contribution in [0, 0.1) is 6.92 Å². The minimum absolute atomic E-state index is 0.0753. The van der Waals surface area contributed by atoms with E-state index in [-0.39, 0.29) is 18.4 Å². The van der Waals surface area contributed by atoms with Crippen LogP contribution in [0.2, 0.25) is 0 Å². The molecule has 30 heavy (non-hydrogen) atoms. The number of amides is 1. The normalized spacial score (nSPS) is 13.5. The summed E-state index contributed by atoms with van der Waals surface area (Å²) in [4.78, 5) is 17.0. The van der Waals surface area contributed by atoms with Crippen LogP contribution >= 0.6 is 11.3 Å². The van der Waals surface area contributed by atoms with Crippen molar-refractivity contribution < 1.29 is 19.0 Å². The number of rotatable bonds is 7. The average molecular weight is 425 g/mol. The smallest absolute Gasteiger partial charge is 0.226 e. The number of ether oxygens (including phenoxy) is 3. The highest BCUT2D eigenvalue weighted by Gasteiger charge is 2.16. The molecule has 1 atom stereocenters. The van der Waals surface area contributed by atoms with Crippen LogP contribution in [-0.4, -0.2) is 24.1 Å². The van der Waals surface area contributed by atoms with Gasteiger partial charge in [0.25, 0.3) is 0 Å². The molecule has 2 aromatic carbocycles. The summed E-state index contributed by atoms with van der Waals surface area (Å²) in [6.45, 7) is 5.48. The van der Waals surface area contributed by atoms with Gasteiger partial charge < -0.3 is 19.5 Å². The highest BCUT2D eigenvalue weighted by molar-refractivity contribution is 7.09. The fourth-order valence-electron chi connectivity index (χ4n) is 3.15. The number of carbonyl (C=O) groups is 1. The van der Waals surface area contributed by atoms with E-state index in [1.807, 2.05) is 61.7 Å². The molecule has 0 bridgehead atoms. The van der Waals surface area contributed by atoms with Crippen molar-refractivity contribution in [1.82, 2.24) is 10.3 Å². The average Bonchev–Trinajstić information content (AvgIpc) is 3.20. The number of nitrogens with zero attached hydrogens (tertiary/aromatic N) is 1. The first-order valence-corrected chi connectivity index (χ1v) is 10.8. The van der Waals surface area contributed by atoms with E-state index in [0.29, 0.717) is 19.8 Å². The van der Waals surface area contributed by atoms with Crippen molar-refractivity contribution in [2.45, 2.75) is 32.9 Å². The first-order chi connectivity index (χ1) is 14.6. The first kappa shape index (κ1) is 20.2. The highest BCUT2D eigenvalue weighted by atomic mass is 32.1. The van der Waals surface area contributed by atoms with Gasteiger partial charge in [-0.2, -0.15) is 0 Å². The largest absolute Gasteiger partial charge is 0.486 e. The van der Waals surface area contributed by atoms with Crippen molar-refractivity contribution in [2.75, 3.05) is 13.2 Å². The molecule has 156 valence electrons. The Kier molecular flexibility index (Phi) is 6.18. The zero-order valence-corrected chi connectivity index (χ0v) is 17.8. The number of hydrogen-bond donors (Lipinski definition) is 1. The molecule has 0 fully saturated rings. The fourth-order valence-corrected chi connectivity index (χ4v) is 3.85. The summed E-state index contributed by atoms with van der Waals surface area (Å²) in [7, 11) is 0. The predicted octanol–water partition coefficient (Wildman–Crippen LogP) is 4.22. The number of hydrogen-bond acceptors (Lipinski definition) is 6. The van der Waals surface area contributed by atoms with Gasteiger partial charge in [0.05, 0.1) is 18.2 Å². The number of aryl methyl sites for hydroxylation is 1. The van der Waals surface area contributed by atoms with Crippen LogP contribution in [0.15, 0.2) is 47.8 Å². The summed E-state index contributed by atoms with van der Waals surface area (Å²) >= 11 is 1.50. The fraction of sp³-hybridized carbons (Fsp3) is 0.304. The van der Waals surface area contributed by atoms with Crippen molar-refractivity contribution >= 4 is 17.2 Å². The molecule has 4 rings (SSSR count). The molecule has 7 heteroatoms. The van der Waals surface area contributed by atoms with E-state index in [4.69, 9.17) is 14.2 Å². The lowest BCUT2D eigenvalue weighted by molar-refractivity contribution is -0.121. The number of aromatic nitrogens is 1. The van der Waals surface area contributed by atoms with Crippen LogP contribution in [0.5, 0.6) is 17.2 Å². The molecular weight excluding hydrogens is 400 g/mol. The predicted molar refractivity (Wildman–Crippen MR) is 115 cm³/mol. The summed E-state index contributed by atoms with van der Waals surface area (Å²) < 4.78 is 16.9. The minimum atomic E-state index is -0.142. The Bertz CT molecular complexity index is 1020. The Morgan fingerprint density at radius 2 is 1.93 bits per heavy atom. The van der Waals surface area contributed by atoms with Crippen molar-refractivity contribution in [3.05, 3.63) is 69.7 Å². The molecule has 1 aliphatic rings. The lowest BCUT2D eigenvalue weighted by Crippen LogP contribution is -2.28. The number of fused-ring (bicyclic) bond motifs is 1. The Morgan fingerprint density at radius 3 is 2.73 bits per heavy atom. The Labute approximate surface area is 179 Å². The van der Waals surface area contributed by atoms with E-state index in [1.54, 1.807) is 0 Å². The lowest BCUT2D eigenvalue weighted by Gasteiger charge is -2.21. The quantitative estimate of drug-likeness (QED) is 0.615. The highest BCUT2D eigenvalue weighted by Crippen LogP contribution is 2.32. The van der Waals surface area contributed by atoms with Crippen molar-refractivity contribution in [3.8, 4) is 17.2 Å². The molecule has 1 N–H and O–H groups in total. The number of nitrogens with one attached hydrogen (secondary N) is 1. The molecular formula is C23H24N2O4S. The van der Waals surface area contributed by atoms with E-state index in [0.717, 1.165) is 33.5 Å². The van der Waals surface area contributed by atoms with Gasteiger partial charge in [-0.15, -0.1) is 11.3 Å². The SMILES string of the molecule is Cc1ccc(OCc2nc(CC(=O)NC(C)c3ccc4c(c3)OCCO4)cs2)cc1. The third kappa shape index (κ3) is 5.10. The summed E-state index contributed by atoms with van der Waals surface area (Å²) in [6.07, 6.45) is 0.232. The molecule has 1 aliphatic heterocycles. The van der Waals surface area contributed by atoms with Crippen LogP contribution in [0.25, 0.3) is 0 Å². The molecule has 0 radical (unpaired) electrons. The summed E-state index contributed by atoms with van der Waals surface area (Å²) in [5, 5.41) is 5.77. The third-order valence-electron chi connectivity index (χ3n) is 4.77. The lowest BCUT2D eigenvalue weighted by atomic mass is 10.1. The minimum Gasteiger partial charge on any atom is -0.486 e. The van der Waals surface area contributed by atoms with E-state index < -0.39 is 0 Å². The van der Waals surface area contributed by atoms with Crippen molar-refractivity contribution in [2.24, 2.45) is 0 Å². The molecule has 1 amide bonds. The molecule has 6 nitrogen and oxygen atoms in total. The molecule has 3 aromatic rings. The van der Waals surface area contributed by atoms with Gasteiger partial charge in [-0.3, -0.25) is 4.79 Å². The summed E-state index contributed by atoms with van der Waals surface area (Å²) in [5.74, 6) is 2.20. The molecule has 0 saturated heterocycles. The molecule has 2 heterocycles. The molecule has 1 unspecified atom stereocenters. The van der Waals surface area contributed by atoms with Crippen molar-refractivity contribution in [3.63, 3.8) is 0 Å². The number of thiazole rings is 1. The summed E-state index contributed by atoms with van der Waals surface area (Å²) in [5.41, 5.74) is 2.91. The summed E-state index contributed by atoms with van der Waals surface area (Å²) in [6, 6.07) is 13.5. The van der Waals surface area contributed by atoms with Crippen molar-refractivity contribution in [1.29, 1.82) is 0 Å². The standard InChI is InChI=1S/C23H24N2O4S/c1-15-3-6-19(7-4-15)29-13-23-25-18(14-30-23)12-22(26)24-16(2)17-5-8-20-21(11-17)28-10-9-27-20/h3-8,11,14,16H,9-10,12-13H2,1-2H3,(H,24,26). The topological polar surface area (TPSA) is 69.7 Å². The maximum atomic E-state index is 12.5. The zero-order valence-electron chi connectivity index (χ0n) is 17.0. The number of carbonyl (C=O) groups excluding carboxylic acids is 1. The van der Waals surface area contributed by atoms with Crippen LogP contribution in [-0.2, 0) is 17.8 Å². The Balaban J connectivity index is 1.29. The second-order valence-electron chi connectivity index (χ2n) is 7.20. The molecule has 0 aliphatic carbocycles. The van der Waals surface area contributed by atoms with Gasteiger partial charge in [0.1, 0.15) is 30.6 Å².